The molecule has 33 heavy (non-hydrogen) atoms. The molecule has 0 radical (unpaired) electrons. The number of ether oxygens (including phenoxy) is 1. The second kappa shape index (κ2) is 9.83. The predicted octanol–water partition coefficient (Wildman–Crippen LogP) is 6.76. The minimum atomic E-state index is -0.662. The maximum atomic E-state index is 12.9. The highest BCUT2D eigenvalue weighted by molar-refractivity contribution is 8.18. The first-order chi connectivity index (χ1) is 15.8. The Labute approximate surface area is 204 Å². The van der Waals surface area contributed by atoms with Crippen molar-refractivity contribution >= 4 is 58.2 Å². The number of amides is 2. The van der Waals surface area contributed by atoms with Gasteiger partial charge in [-0.2, -0.15) is 0 Å². The van der Waals surface area contributed by atoms with Gasteiger partial charge in [0.2, 0.25) is 0 Å². The first-order valence-corrected chi connectivity index (χ1v) is 11.5. The molecule has 1 aliphatic rings. The van der Waals surface area contributed by atoms with Gasteiger partial charge in [-0.15, -0.1) is 0 Å². The van der Waals surface area contributed by atoms with E-state index in [1.165, 1.54) is 17.0 Å². The fraction of sp³-hybridized carbons (Fsp3) is 0.0800. The Balaban J connectivity index is 1.56. The van der Waals surface area contributed by atoms with Crippen LogP contribution in [0, 0.1) is 6.92 Å². The number of carbonyl (C=O) groups is 3. The largest absolute Gasteiger partial charge is 0.422 e. The molecule has 1 fully saturated rings. The summed E-state index contributed by atoms with van der Waals surface area (Å²) >= 11 is 12.8. The van der Waals surface area contributed by atoms with Gasteiger partial charge in [0.15, 0.2) is 0 Å². The van der Waals surface area contributed by atoms with E-state index in [2.05, 4.69) is 0 Å². The normalized spacial score (nSPS) is 14.8. The number of para-hydroxylation sites is 1. The van der Waals surface area contributed by atoms with Gasteiger partial charge in [-0.05, 0) is 54.6 Å². The van der Waals surface area contributed by atoms with Crippen molar-refractivity contribution in [2.24, 2.45) is 0 Å². The third kappa shape index (κ3) is 5.30. The third-order valence-electron chi connectivity index (χ3n) is 4.86. The fourth-order valence-electron chi connectivity index (χ4n) is 3.27. The molecule has 0 atom stereocenters. The summed E-state index contributed by atoms with van der Waals surface area (Å²) in [6, 6.07) is 18.9. The first-order valence-electron chi connectivity index (χ1n) is 9.89. The maximum absolute atomic E-state index is 12.9. The zero-order chi connectivity index (χ0) is 23.5. The molecule has 0 aromatic heterocycles. The van der Waals surface area contributed by atoms with E-state index in [-0.39, 0.29) is 33.0 Å². The van der Waals surface area contributed by atoms with Gasteiger partial charge < -0.3 is 4.74 Å². The molecule has 1 aliphatic heterocycles. The molecule has 166 valence electrons. The summed E-state index contributed by atoms with van der Waals surface area (Å²) in [7, 11) is 0. The smallest absolute Gasteiger partial charge is 0.345 e. The molecule has 1 heterocycles. The van der Waals surface area contributed by atoms with E-state index in [4.69, 9.17) is 27.9 Å². The van der Waals surface area contributed by atoms with E-state index in [9.17, 15) is 14.4 Å². The van der Waals surface area contributed by atoms with Gasteiger partial charge in [0.25, 0.3) is 11.1 Å². The van der Waals surface area contributed by atoms with Crippen LogP contribution in [0.25, 0.3) is 6.08 Å². The maximum Gasteiger partial charge on any atom is 0.345 e. The van der Waals surface area contributed by atoms with Gasteiger partial charge in [0, 0.05) is 10.6 Å². The van der Waals surface area contributed by atoms with Crippen LogP contribution >= 0.6 is 35.0 Å². The molecule has 5 nitrogen and oxygen atoms in total. The zero-order valence-corrected chi connectivity index (χ0v) is 19.7. The van der Waals surface area contributed by atoms with Crippen LogP contribution in [0.2, 0.25) is 10.0 Å². The van der Waals surface area contributed by atoms with E-state index in [0.717, 1.165) is 22.9 Å². The molecule has 8 heteroatoms. The van der Waals surface area contributed by atoms with Crippen molar-refractivity contribution < 1.29 is 19.1 Å². The average molecular weight is 498 g/mol. The van der Waals surface area contributed by atoms with Crippen LogP contribution in [0.4, 0.5) is 4.79 Å². The number of hydrogen-bond acceptors (Lipinski definition) is 5. The molecule has 4 rings (SSSR count). The average Bonchev–Trinajstić information content (AvgIpc) is 3.02. The van der Waals surface area contributed by atoms with Gasteiger partial charge in [-0.1, -0.05) is 71.2 Å². The molecule has 3 aromatic carbocycles. The minimum absolute atomic E-state index is 0.161. The van der Waals surface area contributed by atoms with Crippen molar-refractivity contribution in [2.75, 3.05) is 0 Å². The van der Waals surface area contributed by atoms with Crippen LogP contribution in [0.1, 0.15) is 27.0 Å². The van der Waals surface area contributed by atoms with Gasteiger partial charge in [0.05, 0.1) is 22.0 Å². The highest BCUT2D eigenvalue weighted by Crippen LogP contribution is 2.35. The molecule has 0 spiro atoms. The van der Waals surface area contributed by atoms with Crippen LogP contribution < -0.4 is 4.74 Å². The standard InChI is InChI=1S/C25H17Cl2NO4S/c1-15-5-4-6-16(11-15)14-28-23(29)22(33-25(28)31)12-17-7-2-3-8-21(17)32-24(30)19-10-9-18(26)13-20(19)27/h2-13H,14H2,1H3/b22-12-. The molecule has 0 aliphatic carbocycles. The summed E-state index contributed by atoms with van der Waals surface area (Å²) < 4.78 is 5.53. The topological polar surface area (TPSA) is 63.7 Å². The molecular formula is C25H17Cl2NO4S. The Morgan fingerprint density at radius 3 is 2.58 bits per heavy atom. The molecule has 0 saturated carbocycles. The Morgan fingerprint density at radius 2 is 1.82 bits per heavy atom. The predicted molar refractivity (Wildman–Crippen MR) is 131 cm³/mol. The van der Waals surface area contributed by atoms with Gasteiger partial charge in [-0.3, -0.25) is 14.5 Å². The zero-order valence-electron chi connectivity index (χ0n) is 17.4. The number of rotatable bonds is 5. The van der Waals surface area contributed by atoms with E-state index in [0.29, 0.717) is 10.6 Å². The molecule has 0 N–H and O–H groups in total. The van der Waals surface area contributed by atoms with E-state index in [1.54, 1.807) is 36.4 Å². The number of thioether (sulfide) groups is 1. The third-order valence-corrected chi connectivity index (χ3v) is 6.31. The summed E-state index contributed by atoms with van der Waals surface area (Å²) in [4.78, 5) is 39.5. The van der Waals surface area contributed by atoms with E-state index >= 15 is 0 Å². The lowest BCUT2D eigenvalue weighted by Gasteiger charge is -2.13. The van der Waals surface area contributed by atoms with Crippen molar-refractivity contribution in [1.29, 1.82) is 0 Å². The Bertz CT molecular complexity index is 1310. The highest BCUT2D eigenvalue weighted by atomic mass is 35.5. The number of aryl methyl sites for hydroxylation is 1. The number of carbonyl (C=O) groups excluding carboxylic acids is 3. The fourth-order valence-corrected chi connectivity index (χ4v) is 4.59. The lowest BCUT2D eigenvalue weighted by Crippen LogP contribution is -2.27. The summed E-state index contributed by atoms with van der Waals surface area (Å²) in [6.45, 7) is 2.14. The monoisotopic (exact) mass is 497 g/mol. The second-order valence-electron chi connectivity index (χ2n) is 7.31. The molecule has 3 aromatic rings. The van der Waals surface area contributed by atoms with Crippen molar-refractivity contribution in [3.8, 4) is 5.75 Å². The number of imide groups is 1. The van der Waals surface area contributed by atoms with Crippen LogP contribution in [0.15, 0.2) is 71.6 Å². The van der Waals surface area contributed by atoms with Crippen LogP contribution in [0.5, 0.6) is 5.75 Å². The molecular weight excluding hydrogens is 481 g/mol. The van der Waals surface area contributed by atoms with Crippen LogP contribution in [-0.2, 0) is 11.3 Å². The molecule has 0 unspecified atom stereocenters. The minimum Gasteiger partial charge on any atom is -0.422 e. The van der Waals surface area contributed by atoms with E-state index in [1.807, 2.05) is 31.2 Å². The summed E-state index contributed by atoms with van der Waals surface area (Å²) in [6.07, 6.45) is 1.55. The SMILES string of the molecule is Cc1cccc(CN2C(=O)S/C(=C\c3ccccc3OC(=O)c3ccc(Cl)cc3Cl)C2=O)c1. The van der Waals surface area contributed by atoms with Crippen molar-refractivity contribution in [3.05, 3.63) is 104 Å². The molecule has 0 bridgehead atoms. The van der Waals surface area contributed by atoms with Gasteiger partial charge >= 0.3 is 5.97 Å². The second-order valence-corrected chi connectivity index (χ2v) is 9.15. The number of nitrogens with zero attached hydrogens (tertiary/aromatic N) is 1. The van der Waals surface area contributed by atoms with Crippen LogP contribution in [-0.4, -0.2) is 22.0 Å². The van der Waals surface area contributed by atoms with Gasteiger partial charge in [0.1, 0.15) is 5.75 Å². The lowest BCUT2D eigenvalue weighted by molar-refractivity contribution is -0.123. The number of hydrogen-bond donors (Lipinski definition) is 0. The number of esters is 1. The quantitative estimate of drug-likeness (QED) is 0.221. The Morgan fingerprint density at radius 1 is 1.03 bits per heavy atom. The van der Waals surface area contributed by atoms with Gasteiger partial charge in [-0.25, -0.2) is 4.79 Å². The summed E-state index contributed by atoms with van der Waals surface area (Å²) in [5, 5.41) is 0.218. The number of halogens is 2. The number of benzene rings is 3. The van der Waals surface area contributed by atoms with Crippen molar-refractivity contribution in [2.45, 2.75) is 13.5 Å². The Kier molecular flexibility index (Phi) is 6.88. The Hall–Kier alpha value is -3.06. The summed E-state index contributed by atoms with van der Waals surface area (Å²) in [5.74, 6) is -0.822. The van der Waals surface area contributed by atoms with E-state index < -0.39 is 11.9 Å². The highest BCUT2D eigenvalue weighted by Gasteiger charge is 2.35. The molecule has 2 amide bonds. The van der Waals surface area contributed by atoms with Crippen LogP contribution in [0.3, 0.4) is 0 Å². The first kappa shape index (κ1) is 23.1. The lowest BCUT2D eigenvalue weighted by atomic mass is 10.1. The molecule has 1 saturated heterocycles. The summed E-state index contributed by atoms with van der Waals surface area (Å²) in [5.41, 5.74) is 2.56. The van der Waals surface area contributed by atoms with Crippen molar-refractivity contribution in [3.63, 3.8) is 0 Å². The van der Waals surface area contributed by atoms with Crippen molar-refractivity contribution in [1.82, 2.24) is 4.90 Å².